The van der Waals surface area contributed by atoms with Crippen LogP contribution in [0, 0.1) is 0 Å². The van der Waals surface area contributed by atoms with Crippen LogP contribution in [0.15, 0.2) is 85.3 Å². The van der Waals surface area contributed by atoms with Crippen molar-refractivity contribution in [2.24, 2.45) is 0 Å². The first-order valence-electron chi connectivity index (χ1n) is 11.6. The number of anilines is 1. The van der Waals surface area contributed by atoms with Crippen LogP contribution in [0.4, 0.5) is 5.69 Å². The number of thiazole rings is 1. The molecule has 1 amide bonds. The van der Waals surface area contributed by atoms with Gasteiger partial charge in [0.2, 0.25) is 5.91 Å². The normalized spacial score (nSPS) is 10.8. The lowest BCUT2D eigenvalue weighted by atomic mass is 10.0. The van der Waals surface area contributed by atoms with Crippen LogP contribution >= 0.6 is 11.3 Å². The van der Waals surface area contributed by atoms with Crippen molar-refractivity contribution in [3.63, 3.8) is 0 Å². The Balaban J connectivity index is 1.13. The third-order valence-electron chi connectivity index (χ3n) is 5.58. The van der Waals surface area contributed by atoms with Crippen molar-refractivity contribution in [3.05, 3.63) is 90.2 Å². The summed E-state index contributed by atoms with van der Waals surface area (Å²) in [5, 5.41) is 4.14. The fraction of sp³-hybridized carbons (Fsp3) is 0.250. The summed E-state index contributed by atoms with van der Waals surface area (Å²) in [4.78, 5) is 22.5. The van der Waals surface area contributed by atoms with Gasteiger partial charge >= 0.3 is 0 Å². The number of rotatable bonds is 11. The second-order valence-electron chi connectivity index (χ2n) is 8.10. The van der Waals surface area contributed by atoms with Gasteiger partial charge in [-0.1, -0.05) is 67.8 Å². The summed E-state index contributed by atoms with van der Waals surface area (Å²) < 4.78 is 0. The van der Waals surface area contributed by atoms with E-state index < -0.39 is 0 Å². The number of hydrogen-bond acceptors (Lipinski definition) is 4. The van der Waals surface area contributed by atoms with Crippen LogP contribution in [0.25, 0.3) is 21.7 Å². The highest BCUT2D eigenvalue weighted by Gasteiger charge is 2.08. The van der Waals surface area contributed by atoms with Crippen LogP contribution in [-0.4, -0.2) is 15.9 Å². The van der Waals surface area contributed by atoms with E-state index in [-0.39, 0.29) is 5.91 Å². The highest BCUT2D eigenvalue weighted by atomic mass is 32.1. The summed E-state index contributed by atoms with van der Waals surface area (Å²) in [5.74, 6) is 0.0889. The maximum Gasteiger partial charge on any atom is 0.224 e. The molecule has 0 aliphatic carbocycles. The Bertz CT molecular complexity index is 1140. The first-order chi connectivity index (χ1) is 16.3. The van der Waals surface area contributed by atoms with Crippen molar-refractivity contribution in [1.29, 1.82) is 0 Å². The first kappa shape index (κ1) is 22.9. The maximum absolute atomic E-state index is 12.5. The van der Waals surface area contributed by atoms with Gasteiger partial charge < -0.3 is 5.32 Å². The minimum atomic E-state index is 0.0889. The highest BCUT2D eigenvalue weighted by molar-refractivity contribution is 7.15. The van der Waals surface area contributed by atoms with E-state index >= 15 is 0 Å². The van der Waals surface area contributed by atoms with Crippen LogP contribution in [0.3, 0.4) is 0 Å². The molecule has 4 rings (SSSR count). The average molecular weight is 456 g/mol. The Labute approximate surface area is 199 Å². The number of unbranched alkanes of at least 4 members (excludes halogenated alkanes) is 4. The molecule has 33 heavy (non-hydrogen) atoms. The Kier molecular flexibility index (Phi) is 8.36. The molecular formula is C28H29N3OS. The van der Waals surface area contributed by atoms with Gasteiger partial charge in [-0.3, -0.25) is 9.78 Å². The monoisotopic (exact) mass is 455 g/mol. The van der Waals surface area contributed by atoms with E-state index in [0.29, 0.717) is 6.42 Å². The molecule has 2 heterocycles. The Morgan fingerprint density at radius 1 is 0.788 bits per heavy atom. The number of pyridine rings is 1. The van der Waals surface area contributed by atoms with E-state index in [0.717, 1.165) is 59.5 Å². The number of carbonyl (C=O) groups excluding carboxylic acids is 1. The molecule has 4 nitrogen and oxygen atoms in total. The zero-order valence-corrected chi connectivity index (χ0v) is 19.6. The molecule has 0 atom stereocenters. The number of amides is 1. The number of nitrogens with one attached hydrogen (secondary N) is 1. The second-order valence-corrected chi connectivity index (χ2v) is 9.22. The predicted octanol–water partition coefficient (Wildman–Crippen LogP) is 7.39. The summed E-state index contributed by atoms with van der Waals surface area (Å²) >= 11 is 1.75. The summed E-state index contributed by atoms with van der Waals surface area (Å²) in [6, 6.07) is 22.1. The van der Waals surface area contributed by atoms with Crippen molar-refractivity contribution < 1.29 is 4.79 Å². The molecule has 0 aliphatic rings. The molecule has 4 aromatic rings. The van der Waals surface area contributed by atoms with E-state index in [1.54, 1.807) is 17.5 Å². The maximum atomic E-state index is 12.5. The van der Waals surface area contributed by atoms with E-state index in [1.807, 2.05) is 67.0 Å². The van der Waals surface area contributed by atoms with Crippen molar-refractivity contribution in [3.8, 4) is 21.7 Å². The van der Waals surface area contributed by atoms with Gasteiger partial charge in [-0.25, -0.2) is 4.98 Å². The lowest BCUT2D eigenvalue weighted by Gasteiger charge is -2.11. The molecular weight excluding hydrogens is 426 g/mol. The molecule has 0 saturated heterocycles. The number of para-hydroxylation sites is 1. The summed E-state index contributed by atoms with van der Waals surface area (Å²) in [5.41, 5.74) is 4.13. The minimum absolute atomic E-state index is 0.0889. The average Bonchev–Trinajstić information content (AvgIpc) is 3.34. The van der Waals surface area contributed by atoms with E-state index in [1.165, 1.54) is 11.3 Å². The second kappa shape index (κ2) is 12.1. The zero-order chi connectivity index (χ0) is 22.7. The van der Waals surface area contributed by atoms with Crippen molar-refractivity contribution in [2.45, 2.75) is 44.9 Å². The van der Waals surface area contributed by atoms with Crippen molar-refractivity contribution in [2.75, 3.05) is 5.32 Å². The molecule has 0 bridgehead atoms. The minimum Gasteiger partial charge on any atom is -0.326 e. The topological polar surface area (TPSA) is 54.9 Å². The molecule has 168 valence electrons. The van der Waals surface area contributed by atoms with Gasteiger partial charge in [0.25, 0.3) is 0 Å². The molecule has 5 heteroatoms. The van der Waals surface area contributed by atoms with Crippen molar-refractivity contribution in [1.82, 2.24) is 9.97 Å². The molecule has 0 unspecified atom stereocenters. The van der Waals surface area contributed by atoms with E-state index in [2.05, 4.69) is 27.4 Å². The molecule has 1 N–H and O–H groups in total. The summed E-state index contributed by atoms with van der Waals surface area (Å²) in [6.45, 7) is 0. The molecule has 2 aromatic heterocycles. The number of aryl methyl sites for hydroxylation is 1. The van der Waals surface area contributed by atoms with Gasteiger partial charge in [-0.15, -0.1) is 11.3 Å². The lowest BCUT2D eigenvalue weighted by Crippen LogP contribution is -2.11. The Morgan fingerprint density at radius 3 is 2.39 bits per heavy atom. The first-order valence-corrected chi connectivity index (χ1v) is 12.4. The molecule has 0 aliphatic heterocycles. The van der Waals surface area contributed by atoms with Crippen LogP contribution < -0.4 is 5.32 Å². The highest BCUT2D eigenvalue weighted by Crippen LogP contribution is 2.28. The lowest BCUT2D eigenvalue weighted by molar-refractivity contribution is -0.116. The van der Waals surface area contributed by atoms with Crippen LogP contribution in [-0.2, 0) is 11.2 Å². The number of nitrogens with zero attached hydrogens (tertiary/aromatic N) is 2. The SMILES string of the molecule is O=C(CCCCCCCc1cnc(-c2cccnc2)s1)Nc1ccccc1-c1ccccc1. The fourth-order valence-corrected chi connectivity index (χ4v) is 4.78. The molecule has 0 spiro atoms. The quantitative estimate of drug-likeness (QED) is 0.240. The van der Waals surface area contributed by atoms with Crippen LogP contribution in [0.1, 0.15) is 43.4 Å². The van der Waals surface area contributed by atoms with Gasteiger partial charge in [0.15, 0.2) is 0 Å². The predicted molar refractivity (Wildman–Crippen MR) is 137 cm³/mol. The smallest absolute Gasteiger partial charge is 0.224 e. The molecule has 0 radical (unpaired) electrons. The summed E-state index contributed by atoms with van der Waals surface area (Å²) in [7, 11) is 0. The number of aromatic nitrogens is 2. The van der Waals surface area contributed by atoms with Crippen molar-refractivity contribution >= 4 is 22.9 Å². The van der Waals surface area contributed by atoms with E-state index in [9.17, 15) is 4.79 Å². The van der Waals surface area contributed by atoms with Gasteiger partial charge in [0.05, 0.1) is 0 Å². The van der Waals surface area contributed by atoms with Gasteiger partial charge in [0, 0.05) is 46.7 Å². The number of carbonyl (C=O) groups is 1. The van der Waals surface area contributed by atoms with Crippen LogP contribution in [0.5, 0.6) is 0 Å². The van der Waals surface area contributed by atoms with Gasteiger partial charge in [0.1, 0.15) is 5.01 Å². The molecule has 0 saturated carbocycles. The Morgan fingerprint density at radius 2 is 1.55 bits per heavy atom. The molecule has 0 fully saturated rings. The van der Waals surface area contributed by atoms with E-state index in [4.69, 9.17) is 0 Å². The largest absolute Gasteiger partial charge is 0.326 e. The zero-order valence-electron chi connectivity index (χ0n) is 18.7. The third-order valence-corrected chi connectivity index (χ3v) is 6.68. The standard InChI is InChI=1S/C28H29N3OS/c32-27(31-26-17-10-9-16-25(26)22-12-5-4-6-13-22)18-8-3-1-2-7-15-24-21-30-28(33-24)23-14-11-19-29-20-23/h4-6,9-14,16-17,19-21H,1-3,7-8,15,18H2,(H,31,32). The fourth-order valence-electron chi connectivity index (χ4n) is 3.84. The number of hydrogen-bond donors (Lipinski definition) is 1. The number of benzene rings is 2. The third kappa shape index (κ3) is 6.83. The Hall–Kier alpha value is -3.31. The molecule has 2 aromatic carbocycles. The van der Waals surface area contributed by atoms with Gasteiger partial charge in [-0.05, 0) is 43.0 Å². The van der Waals surface area contributed by atoms with Crippen LogP contribution in [0.2, 0.25) is 0 Å². The van der Waals surface area contributed by atoms with Gasteiger partial charge in [-0.2, -0.15) is 0 Å². The summed E-state index contributed by atoms with van der Waals surface area (Å²) in [6.07, 6.45) is 12.8.